The number of carbonyl (C=O) groups is 1. The van der Waals surface area contributed by atoms with E-state index in [1.807, 2.05) is 0 Å². The fraction of sp³-hybridized carbons (Fsp3) is 0.167. The summed E-state index contributed by atoms with van der Waals surface area (Å²) < 4.78 is 1.51. The third-order valence-electron chi connectivity index (χ3n) is 2.36. The van der Waals surface area contributed by atoms with E-state index in [-0.39, 0.29) is 16.9 Å². The van der Waals surface area contributed by atoms with Gasteiger partial charge in [-0.15, -0.1) is 0 Å². The van der Waals surface area contributed by atoms with E-state index in [1.54, 1.807) is 37.6 Å². The number of carbonyl (C=O) groups excluding carboxylic acids is 1. The largest absolute Gasteiger partial charge is 0.293 e. The molecule has 0 atom stereocenters. The molecule has 0 bridgehead atoms. The number of hydrogen-bond donors (Lipinski definition) is 0. The highest BCUT2D eigenvalue weighted by molar-refractivity contribution is 5.91. The Hall–Kier alpha value is -2.30. The summed E-state index contributed by atoms with van der Waals surface area (Å²) in [5, 5.41) is 4.03. The van der Waals surface area contributed by atoms with Crippen molar-refractivity contribution in [3.05, 3.63) is 52.2 Å². The Morgan fingerprint density at radius 3 is 2.53 bits per heavy atom. The van der Waals surface area contributed by atoms with Crippen molar-refractivity contribution in [2.24, 2.45) is 0 Å². The van der Waals surface area contributed by atoms with Gasteiger partial charge in [-0.05, 0) is 19.1 Å². The van der Waals surface area contributed by atoms with Crippen LogP contribution in [0, 0.1) is 6.92 Å². The first-order chi connectivity index (χ1) is 8.09. The summed E-state index contributed by atoms with van der Waals surface area (Å²) in [5.41, 5.74) is 0.886. The van der Waals surface area contributed by atoms with Gasteiger partial charge in [-0.2, -0.15) is 5.10 Å². The maximum Gasteiger partial charge on any atom is 0.214 e. The second kappa shape index (κ2) is 4.29. The lowest BCUT2D eigenvalue weighted by molar-refractivity contribution is 0.101. The van der Waals surface area contributed by atoms with E-state index in [2.05, 4.69) is 10.1 Å². The smallest absolute Gasteiger partial charge is 0.214 e. The first-order valence-electron chi connectivity index (χ1n) is 5.11. The number of nitrogens with zero attached hydrogens (tertiary/aromatic N) is 3. The van der Waals surface area contributed by atoms with Gasteiger partial charge in [0.1, 0.15) is 0 Å². The minimum absolute atomic E-state index is 0.0400. The average Bonchev–Trinajstić information content (AvgIpc) is 2.33. The normalized spacial score (nSPS) is 10.2. The van der Waals surface area contributed by atoms with E-state index in [0.717, 1.165) is 5.69 Å². The summed E-state index contributed by atoms with van der Waals surface area (Å²) in [6, 6.07) is 3.50. The maximum atomic E-state index is 11.7. The number of aromatic nitrogens is 3. The minimum atomic E-state index is -0.332. The Morgan fingerprint density at radius 2 is 1.94 bits per heavy atom. The van der Waals surface area contributed by atoms with Crippen LogP contribution in [0.25, 0.3) is 5.69 Å². The van der Waals surface area contributed by atoms with Crippen LogP contribution in [0.2, 0.25) is 0 Å². The molecule has 0 radical (unpaired) electrons. The van der Waals surface area contributed by atoms with Gasteiger partial charge in [0.2, 0.25) is 5.43 Å². The van der Waals surface area contributed by atoms with E-state index < -0.39 is 0 Å². The molecule has 0 aliphatic carbocycles. The number of rotatable bonds is 2. The quantitative estimate of drug-likeness (QED) is 0.724. The second-order valence-corrected chi connectivity index (χ2v) is 3.70. The molecule has 0 aliphatic rings. The molecule has 5 heteroatoms. The van der Waals surface area contributed by atoms with Gasteiger partial charge >= 0.3 is 0 Å². The predicted octanol–water partition coefficient (Wildman–Crippen LogP) is 1.14. The molecule has 0 saturated carbocycles. The van der Waals surface area contributed by atoms with Crippen LogP contribution in [-0.2, 0) is 0 Å². The third-order valence-corrected chi connectivity index (χ3v) is 2.36. The van der Waals surface area contributed by atoms with Gasteiger partial charge in [-0.3, -0.25) is 14.6 Å². The Morgan fingerprint density at radius 1 is 1.29 bits per heavy atom. The Kier molecular flexibility index (Phi) is 2.82. The van der Waals surface area contributed by atoms with Crippen LogP contribution in [0.15, 0.2) is 35.5 Å². The van der Waals surface area contributed by atoms with Crippen LogP contribution in [0.1, 0.15) is 23.0 Å². The molecule has 0 saturated heterocycles. The lowest BCUT2D eigenvalue weighted by Gasteiger charge is -2.07. The van der Waals surface area contributed by atoms with Crippen molar-refractivity contribution < 1.29 is 4.79 Å². The van der Waals surface area contributed by atoms with Crippen LogP contribution < -0.4 is 5.43 Å². The third kappa shape index (κ3) is 2.13. The van der Waals surface area contributed by atoms with Crippen molar-refractivity contribution >= 4 is 5.78 Å². The van der Waals surface area contributed by atoms with E-state index in [4.69, 9.17) is 0 Å². The Labute approximate surface area is 97.7 Å². The number of aryl methyl sites for hydroxylation is 1. The average molecular weight is 229 g/mol. The molecule has 2 aromatic rings. The van der Waals surface area contributed by atoms with E-state index in [0.29, 0.717) is 5.56 Å². The monoisotopic (exact) mass is 229 g/mol. The molecular formula is C12H11N3O2. The van der Waals surface area contributed by atoms with Gasteiger partial charge in [0.25, 0.3) is 0 Å². The van der Waals surface area contributed by atoms with Crippen LogP contribution >= 0.6 is 0 Å². The van der Waals surface area contributed by atoms with Gasteiger partial charge in [0, 0.05) is 31.1 Å². The standard InChI is InChI=1S/C12H11N3O2/c1-8-7-15(10-3-5-13-6-4-10)14-11(9(2)16)12(8)17/h3-7H,1-2H3. The number of Topliss-reactive ketones (excluding diaryl/α,β-unsaturated/α-hetero) is 1. The maximum absolute atomic E-state index is 11.7. The molecule has 5 nitrogen and oxygen atoms in total. The molecule has 2 heterocycles. The summed E-state index contributed by atoms with van der Waals surface area (Å²) in [5.74, 6) is -0.332. The minimum Gasteiger partial charge on any atom is -0.293 e. The summed E-state index contributed by atoms with van der Waals surface area (Å²) >= 11 is 0. The van der Waals surface area contributed by atoms with Crippen molar-refractivity contribution in [2.75, 3.05) is 0 Å². The van der Waals surface area contributed by atoms with Crippen molar-refractivity contribution in [2.45, 2.75) is 13.8 Å². The summed E-state index contributed by atoms with van der Waals surface area (Å²) in [6.07, 6.45) is 4.85. The Balaban J connectivity index is 2.66. The van der Waals surface area contributed by atoms with Crippen molar-refractivity contribution in [1.29, 1.82) is 0 Å². The Bertz CT molecular complexity index is 617. The van der Waals surface area contributed by atoms with E-state index >= 15 is 0 Å². The first-order valence-corrected chi connectivity index (χ1v) is 5.11. The van der Waals surface area contributed by atoms with Gasteiger partial charge in [0.15, 0.2) is 11.5 Å². The molecule has 0 N–H and O–H groups in total. The van der Waals surface area contributed by atoms with Gasteiger partial charge < -0.3 is 0 Å². The summed E-state index contributed by atoms with van der Waals surface area (Å²) in [6.45, 7) is 2.99. The molecule has 86 valence electrons. The molecule has 0 aromatic carbocycles. The highest BCUT2D eigenvalue weighted by Crippen LogP contribution is 2.04. The van der Waals surface area contributed by atoms with E-state index in [9.17, 15) is 9.59 Å². The molecule has 0 amide bonds. The highest BCUT2D eigenvalue weighted by Gasteiger charge is 2.11. The van der Waals surface area contributed by atoms with Crippen LogP contribution in [-0.4, -0.2) is 20.5 Å². The van der Waals surface area contributed by atoms with Crippen molar-refractivity contribution in [3.8, 4) is 5.69 Å². The predicted molar refractivity (Wildman–Crippen MR) is 62.4 cm³/mol. The number of ketones is 1. The number of pyridine rings is 1. The lowest BCUT2D eigenvalue weighted by atomic mass is 10.2. The van der Waals surface area contributed by atoms with E-state index in [1.165, 1.54) is 11.6 Å². The molecule has 2 aromatic heterocycles. The van der Waals surface area contributed by atoms with Crippen molar-refractivity contribution in [3.63, 3.8) is 0 Å². The number of hydrogen-bond acceptors (Lipinski definition) is 4. The lowest BCUT2D eigenvalue weighted by Crippen LogP contribution is -2.22. The second-order valence-electron chi connectivity index (χ2n) is 3.70. The summed E-state index contributed by atoms with van der Waals surface area (Å²) in [4.78, 5) is 26.9. The zero-order valence-corrected chi connectivity index (χ0v) is 9.54. The fourth-order valence-electron chi connectivity index (χ4n) is 1.47. The molecule has 0 fully saturated rings. The zero-order chi connectivity index (χ0) is 12.4. The van der Waals surface area contributed by atoms with Gasteiger partial charge in [-0.25, -0.2) is 4.68 Å². The fourth-order valence-corrected chi connectivity index (χ4v) is 1.47. The summed E-state index contributed by atoms with van der Waals surface area (Å²) in [7, 11) is 0. The molecule has 0 aliphatic heterocycles. The van der Waals surface area contributed by atoms with Gasteiger partial charge in [0.05, 0.1) is 5.69 Å². The first kappa shape index (κ1) is 11.2. The SMILES string of the molecule is CC(=O)c1nn(-c2ccncc2)cc(C)c1=O. The van der Waals surface area contributed by atoms with Crippen molar-refractivity contribution in [1.82, 2.24) is 14.8 Å². The molecular weight excluding hydrogens is 218 g/mol. The topological polar surface area (TPSA) is 64.8 Å². The van der Waals surface area contributed by atoms with Gasteiger partial charge in [-0.1, -0.05) is 0 Å². The molecule has 2 rings (SSSR count). The van der Waals surface area contributed by atoms with Crippen LogP contribution in [0.3, 0.4) is 0 Å². The highest BCUT2D eigenvalue weighted by atomic mass is 16.1. The molecule has 0 unspecified atom stereocenters. The van der Waals surface area contributed by atoms with Crippen LogP contribution in [0.5, 0.6) is 0 Å². The zero-order valence-electron chi connectivity index (χ0n) is 9.54. The molecule has 0 spiro atoms. The molecule has 17 heavy (non-hydrogen) atoms. The van der Waals surface area contributed by atoms with Crippen LogP contribution in [0.4, 0.5) is 0 Å².